The number of aromatic nitrogens is 1. The smallest absolute Gasteiger partial charge is 0.278 e. The number of amides is 2. The molecule has 1 N–H and O–H groups in total. The molecule has 0 unspecified atom stereocenters. The SMILES string of the molecule is C[C@H]1C=CC2(CCC2)N2CN1C(=O)c1c(OCc3ccccc3)c(=O)c(C(=O)NCc3c(F)cc(F)cc3F)cn12. The molecule has 1 fully saturated rings. The number of pyridine rings is 1. The number of ether oxygens (including phenoxy) is 1. The highest BCUT2D eigenvalue weighted by atomic mass is 19.1. The highest BCUT2D eigenvalue weighted by molar-refractivity contribution is 5.99. The molecule has 2 bridgehead atoms. The van der Waals surface area contributed by atoms with Crippen LogP contribution in [-0.2, 0) is 13.2 Å². The van der Waals surface area contributed by atoms with Gasteiger partial charge in [-0.2, -0.15) is 0 Å². The second-order valence-electron chi connectivity index (χ2n) is 10.6. The van der Waals surface area contributed by atoms with Crippen molar-refractivity contribution < 1.29 is 27.5 Å². The quantitative estimate of drug-likeness (QED) is 0.458. The Morgan fingerprint density at radius 1 is 1.10 bits per heavy atom. The molecule has 3 heterocycles. The largest absolute Gasteiger partial charge is 0.482 e. The fourth-order valence-electron chi connectivity index (χ4n) is 5.55. The summed E-state index contributed by atoms with van der Waals surface area (Å²) in [5.74, 6) is -5.05. The van der Waals surface area contributed by atoms with Crippen LogP contribution in [0.15, 0.2) is 65.6 Å². The van der Waals surface area contributed by atoms with Crippen molar-refractivity contribution in [3.63, 3.8) is 0 Å². The number of carbonyl (C=O) groups is 2. The van der Waals surface area contributed by atoms with Crippen molar-refractivity contribution in [3.05, 3.63) is 111 Å². The van der Waals surface area contributed by atoms with E-state index in [0.717, 1.165) is 24.8 Å². The zero-order chi connectivity index (χ0) is 28.9. The van der Waals surface area contributed by atoms with E-state index in [1.165, 1.54) is 10.9 Å². The van der Waals surface area contributed by atoms with E-state index in [-0.39, 0.29) is 36.3 Å². The standard InChI is InChI=1S/C30H27F3N4O4/c1-18-8-11-30(9-5-10-30)37-17-35(18)29(40)25-27(41-16-19-6-3-2-4-7-19)26(38)22(15-36(25)37)28(39)34-14-21-23(32)12-20(31)13-24(21)33/h2-4,6-8,11-13,15,18H,5,9-10,14,16-17H2,1H3,(H,34,39)/t18-/m0/s1. The summed E-state index contributed by atoms with van der Waals surface area (Å²) in [6.07, 6.45) is 7.94. The Balaban J connectivity index is 1.44. The predicted molar refractivity (Wildman–Crippen MR) is 143 cm³/mol. The van der Waals surface area contributed by atoms with E-state index in [4.69, 9.17) is 4.74 Å². The van der Waals surface area contributed by atoms with Crippen molar-refractivity contribution in [3.8, 4) is 5.75 Å². The van der Waals surface area contributed by atoms with Gasteiger partial charge in [0.15, 0.2) is 11.4 Å². The number of rotatable bonds is 6. The van der Waals surface area contributed by atoms with Crippen LogP contribution in [0.25, 0.3) is 0 Å². The second kappa shape index (κ2) is 10.1. The minimum atomic E-state index is -1.17. The van der Waals surface area contributed by atoms with Crippen molar-refractivity contribution >= 4 is 11.8 Å². The lowest BCUT2D eigenvalue weighted by atomic mass is 9.76. The number of hydrogen-bond acceptors (Lipinski definition) is 5. The third-order valence-corrected chi connectivity index (χ3v) is 8.07. The maximum atomic E-state index is 14.2. The van der Waals surface area contributed by atoms with E-state index < -0.39 is 52.3 Å². The van der Waals surface area contributed by atoms with Crippen molar-refractivity contribution in [1.29, 1.82) is 0 Å². The molecule has 3 aliphatic rings. The number of nitrogens with zero attached hydrogens (tertiary/aromatic N) is 3. The van der Waals surface area contributed by atoms with Gasteiger partial charge in [0, 0.05) is 36.5 Å². The van der Waals surface area contributed by atoms with Gasteiger partial charge in [-0.1, -0.05) is 42.5 Å². The lowest BCUT2D eigenvalue weighted by Gasteiger charge is -2.53. The van der Waals surface area contributed by atoms with E-state index in [0.29, 0.717) is 12.1 Å². The van der Waals surface area contributed by atoms with Crippen LogP contribution < -0.4 is 20.5 Å². The van der Waals surface area contributed by atoms with E-state index in [1.54, 1.807) is 17.0 Å². The summed E-state index contributed by atoms with van der Waals surface area (Å²) < 4.78 is 49.3. The summed E-state index contributed by atoms with van der Waals surface area (Å²) in [4.78, 5) is 42.5. The fourth-order valence-corrected chi connectivity index (χ4v) is 5.55. The van der Waals surface area contributed by atoms with Gasteiger partial charge in [-0.15, -0.1) is 0 Å². The lowest BCUT2D eigenvalue weighted by molar-refractivity contribution is 0.0607. The number of hydrogen-bond donors (Lipinski definition) is 1. The van der Waals surface area contributed by atoms with Gasteiger partial charge in [-0.3, -0.25) is 24.1 Å². The molecule has 0 radical (unpaired) electrons. The first-order valence-electron chi connectivity index (χ1n) is 13.3. The molecule has 2 aliphatic heterocycles. The van der Waals surface area contributed by atoms with Crippen LogP contribution in [0.2, 0.25) is 0 Å². The highest BCUT2D eigenvalue weighted by Crippen LogP contribution is 2.42. The van der Waals surface area contributed by atoms with Crippen LogP contribution in [0, 0.1) is 17.5 Å². The van der Waals surface area contributed by atoms with Gasteiger partial charge in [0.2, 0.25) is 5.43 Å². The van der Waals surface area contributed by atoms with Crippen LogP contribution in [-0.4, -0.2) is 39.6 Å². The number of carbonyl (C=O) groups excluding carboxylic acids is 2. The van der Waals surface area contributed by atoms with Gasteiger partial charge in [-0.05, 0) is 31.7 Å². The molecule has 6 rings (SSSR count). The Hall–Kier alpha value is -4.54. The number of nitrogens with one attached hydrogen (secondary N) is 1. The molecule has 212 valence electrons. The minimum absolute atomic E-state index is 0.00572. The molecule has 1 aromatic heterocycles. The molecule has 11 heteroatoms. The van der Waals surface area contributed by atoms with E-state index >= 15 is 0 Å². The summed E-state index contributed by atoms with van der Waals surface area (Å²) in [6, 6.07) is 9.84. The Bertz CT molecular complexity index is 1610. The van der Waals surface area contributed by atoms with Crippen molar-refractivity contribution in [2.24, 2.45) is 0 Å². The molecule has 1 aliphatic carbocycles. The van der Waals surface area contributed by atoms with Crippen molar-refractivity contribution in [2.75, 3.05) is 11.7 Å². The normalized spacial score (nSPS) is 18.5. The molecule has 3 aromatic rings. The number of fused-ring (bicyclic) bond motifs is 5. The molecule has 8 nitrogen and oxygen atoms in total. The summed E-state index contributed by atoms with van der Waals surface area (Å²) in [5.41, 5.74) is -1.41. The predicted octanol–water partition coefficient (Wildman–Crippen LogP) is 4.01. The Kier molecular flexibility index (Phi) is 6.59. The summed E-state index contributed by atoms with van der Waals surface area (Å²) >= 11 is 0. The molecule has 1 spiro atoms. The zero-order valence-electron chi connectivity index (χ0n) is 22.2. The first kappa shape index (κ1) is 26.7. The third-order valence-electron chi connectivity index (χ3n) is 8.07. The number of benzene rings is 2. The van der Waals surface area contributed by atoms with Gasteiger partial charge in [0.05, 0.1) is 5.54 Å². The van der Waals surface area contributed by atoms with Crippen LogP contribution in [0.5, 0.6) is 5.75 Å². The molecule has 2 aromatic carbocycles. The molecule has 2 amide bonds. The van der Waals surface area contributed by atoms with Gasteiger partial charge < -0.3 is 15.0 Å². The maximum Gasteiger partial charge on any atom is 0.278 e. The van der Waals surface area contributed by atoms with Gasteiger partial charge >= 0.3 is 0 Å². The van der Waals surface area contributed by atoms with Crippen LogP contribution >= 0.6 is 0 Å². The monoisotopic (exact) mass is 564 g/mol. The van der Waals surface area contributed by atoms with E-state index in [9.17, 15) is 27.6 Å². The first-order chi connectivity index (χ1) is 19.7. The van der Waals surface area contributed by atoms with Crippen molar-refractivity contribution in [2.45, 2.75) is 50.9 Å². The molecule has 1 saturated carbocycles. The second-order valence-corrected chi connectivity index (χ2v) is 10.6. The first-order valence-corrected chi connectivity index (χ1v) is 13.3. The maximum absolute atomic E-state index is 14.2. The summed E-state index contributed by atoms with van der Waals surface area (Å²) in [6.45, 7) is 1.47. The lowest BCUT2D eigenvalue weighted by Crippen LogP contribution is -2.65. The Morgan fingerprint density at radius 3 is 2.46 bits per heavy atom. The van der Waals surface area contributed by atoms with E-state index in [1.807, 2.05) is 36.2 Å². The summed E-state index contributed by atoms with van der Waals surface area (Å²) in [5, 5.41) is 4.32. The van der Waals surface area contributed by atoms with E-state index in [2.05, 4.69) is 11.4 Å². The average molecular weight is 565 g/mol. The molecule has 1 atom stereocenters. The summed E-state index contributed by atoms with van der Waals surface area (Å²) in [7, 11) is 0. The molecule has 41 heavy (non-hydrogen) atoms. The zero-order valence-corrected chi connectivity index (χ0v) is 22.2. The Labute approximate surface area is 233 Å². The number of halogens is 3. The molecular formula is C30H27F3N4O4. The van der Waals surface area contributed by atoms with Crippen LogP contribution in [0.3, 0.4) is 0 Å². The fraction of sp³-hybridized carbons (Fsp3) is 0.300. The van der Waals surface area contributed by atoms with Gasteiger partial charge in [-0.25, -0.2) is 13.2 Å². The molecular weight excluding hydrogens is 537 g/mol. The topological polar surface area (TPSA) is 83.9 Å². The van der Waals surface area contributed by atoms with Gasteiger partial charge in [0.1, 0.15) is 36.3 Å². The van der Waals surface area contributed by atoms with Crippen LogP contribution in [0.4, 0.5) is 13.2 Å². The van der Waals surface area contributed by atoms with Crippen molar-refractivity contribution in [1.82, 2.24) is 14.9 Å². The molecule has 0 saturated heterocycles. The Morgan fingerprint density at radius 2 is 1.80 bits per heavy atom. The third kappa shape index (κ3) is 4.55. The van der Waals surface area contributed by atoms with Crippen LogP contribution in [0.1, 0.15) is 58.2 Å². The minimum Gasteiger partial charge on any atom is -0.482 e. The highest BCUT2D eigenvalue weighted by Gasteiger charge is 2.48. The van der Waals surface area contributed by atoms with Gasteiger partial charge in [0.25, 0.3) is 11.8 Å². The average Bonchev–Trinajstić information content (AvgIpc) is 3.06.